The summed E-state index contributed by atoms with van der Waals surface area (Å²) in [6, 6.07) is 22.2. The van der Waals surface area contributed by atoms with E-state index in [0.717, 1.165) is 39.3 Å². The standard InChI is InChI=1S/C24H21N5OS/c1-17-8-13-22-25-19(15-28(22)14-17)16-31-24-27-26-23(18-9-11-21(30-2)12-10-18)29(24)20-6-4-3-5-7-20/h3-15H,16H2,1-2H3. The van der Waals surface area contributed by atoms with Gasteiger partial charge in [0, 0.05) is 29.4 Å². The van der Waals surface area contributed by atoms with Crippen LogP contribution in [0.15, 0.2) is 84.3 Å². The monoisotopic (exact) mass is 427 g/mol. The van der Waals surface area contributed by atoms with Crippen molar-refractivity contribution >= 4 is 17.4 Å². The summed E-state index contributed by atoms with van der Waals surface area (Å²) in [5.41, 5.74) is 5.16. The number of nitrogens with zero attached hydrogens (tertiary/aromatic N) is 5. The van der Waals surface area contributed by atoms with Crippen LogP contribution in [0.4, 0.5) is 0 Å². The summed E-state index contributed by atoms with van der Waals surface area (Å²) in [7, 11) is 1.66. The highest BCUT2D eigenvalue weighted by atomic mass is 32.2. The Bertz CT molecular complexity index is 1330. The molecular weight excluding hydrogens is 406 g/mol. The highest BCUT2D eigenvalue weighted by molar-refractivity contribution is 7.98. The van der Waals surface area contributed by atoms with Crippen LogP contribution in [0.2, 0.25) is 0 Å². The van der Waals surface area contributed by atoms with Gasteiger partial charge in [-0.2, -0.15) is 0 Å². The lowest BCUT2D eigenvalue weighted by molar-refractivity contribution is 0.415. The predicted octanol–water partition coefficient (Wildman–Crippen LogP) is 5.19. The minimum atomic E-state index is 0.703. The molecule has 2 aromatic carbocycles. The SMILES string of the molecule is COc1ccc(-c2nnc(SCc3cn4cc(C)ccc4n3)n2-c2ccccc2)cc1. The maximum Gasteiger partial charge on any atom is 0.196 e. The number of methoxy groups -OCH3 is 1. The van der Waals surface area contributed by atoms with Crippen molar-refractivity contribution in [2.24, 2.45) is 0 Å². The Morgan fingerprint density at radius 2 is 1.71 bits per heavy atom. The highest BCUT2D eigenvalue weighted by Crippen LogP contribution is 2.30. The summed E-state index contributed by atoms with van der Waals surface area (Å²) >= 11 is 1.63. The maximum absolute atomic E-state index is 5.29. The number of aromatic nitrogens is 5. The molecule has 6 nitrogen and oxygen atoms in total. The van der Waals surface area contributed by atoms with Crippen LogP contribution in [0.1, 0.15) is 11.3 Å². The summed E-state index contributed by atoms with van der Waals surface area (Å²) in [5.74, 6) is 2.31. The number of imidazole rings is 1. The van der Waals surface area contributed by atoms with Gasteiger partial charge >= 0.3 is 0 Å². The van der Waals surface area contributed by atoms with Gasteiger partial charge < -0.3 is 9.14 Å². The molecule has 0 saturated heterocycles. The molecule has 7 heteroatoms. The van der Waals surface area contributed by atoms with Crippen LogP contribution < -0.4 is 4.74 Å². The molecule has 0 saturated carbocycles. The summed E-state index contributed by atoms with van der Waals surface area (Å²) < 4.78 is 9.44. The van der Waals surface area contributed by atoms with Gasteiger partial charge in [-0.1, -0.05) is 36.0 Å². The Kier molecular flexibility index (Phi) is 5.18. The number of benzene rings is 2. The molecule has 0 fully saturated rings. The lowest BCUT2D eigenvalue weighted by Gasteiger charge is -2.10. The number of fused-ring (bicyclic) bond motifs is 1. The molecule has 0 aliphatic rings. The van der Waals surface area contributed by atoms with Gasteiger partial charge in [0.25, 0.3) is 0 Å². The molecule has 0 radical (unpaired) electrons. The minimum Gasteiger partial charge on any atom is -0.497 e. The Labute approximate surface area is 184 Å². The number of hydrogen-bond donors (Lipinski definition) is 0. The average molecular weight is 428 g/mol. The van der Waals surface area contributed by atoms with E-state index in [4.69, 9.17) is 9.72 Å². The maximum atomic E-state index is 5.29. The number of hydrogen-bond acceptors (Lipinski definition) is 5. The molecule has 0 N–H and O–H groups in total. The number of aryl methyl sites for hydroxylation is 1. The molecule has 0 amide bonds. The Morgan fingerprint density at radius 1 is 0.903 bits per heavy atom. The molecule has 0 bridgehead atoms. The molecule has 5 rings (SSSR count). The van der Waals surface area contributed by atoms with Crippen LogP contribution in [0.25, 0.3) is 22.7 Å². The summed E-state index contributed by atoms with van der Waals surface area (Å²) in [6.07, 6.45) is 4.16. The van der Waals surface area contributed by atoms with Crippen molar-refractivity contribution in [2.75, 3.05) is 7.11 Å². The van der Waals surface area contributed by atoms with Crippen molar-refractivity contribution < 1.29 is 4.74 Å². The largest absolute Gasteiger partial charge is 0.497 e. The van der Waals surface area contributed by atoms with Crippen LogP contribution in [-0.4, -0.2) is 31.3 Å². The molecule has 3 aromatic heterocycles. The summed E-state index contributed by atoms with van der Waals surface area (Å²) in [5, 5.41) is 9.84. The van der Waals surface area contributed by atoms with Gasteiger partial charge in [-0.05, 0) is 55.0 Å². The van der Waals surface area contributed by atoms with Crippen LogP contribution in [0.3, 0.4) is 0 Å². The molecule has 0 atom stereocenters. The number of thioether (sulfide) groups is 1. The van der Waals surface area contributed by atoms with Gasteiger partial charge in [0.15, 0.2) is 11.0 Å². The first-order valence-electron chi connectivity index (χ1n) is 9.93. The fraction of sp³-hybridized carbons (Fsp3) is 0.125. The van der Waals surface area contributed by atoms with Crippen LogP contribution in [0.5, 0.6) is 5.75 Å². The molecule has 0 aliphatic carbocycles. The van der Waals surface area contributed by atoms with Crippen molar-refractivity contribution in [3.8, 4) is 22.8 Å². The van der Waals surface area contributed by atoms with Crippen molar-refractivity contribution in [3.63, 3.8) is 0 Å². The second kappa shape index (κ2) is 8.28. The zero-order valence-corrected chi connectivity index (χ0v) is 18.1. The quantitative estimate of drug-likeness (QED) is 0.349. The third kappa shape index (κ3) is 3.92. The average Bonchev–Trinajstić information content (AvgIpc) is 3.41. The Morgan fingerprint density at radius 3 is 2.48 bits per heavy atom. The lowest BCUT2D eigenvalue weighted by atomic mass is 10.2. The molecule has 31 heavy (non-hydrogen) atoms. The van der Waals surface area contributed by atoms with Gasteiger partial charge in [0.1, 0.15) is 11.4 Å². The van der Waals surface area contributed by atoms with E-state index >= 15 is 0 Å². The van der Waals surface area contributed by atoms with Crippen molar-refractivity contribution in [2.45, 2.75) is 17.8 Å². The second-order valence-electron chi connectivity index (χ2n) is 7.20. The summed E-state index contributed by atoms with van der Waals surface area (Å²) in [4.78, 5) is 4.73. The number of para-hydroxylation sites is 1. The Balaban J connectivity index is 1.49. The molecule has 3 heterocycles. The predicted molar refractivity (Wildman–Crippen MR) is 123 cm³/mol. The van der Waals surface area contributed by atoms with Crippen LogP contribution in [0, 0.1) is 6.92 Å². The van der Waals surface area contributed by atoms with Gasteiger partial charge in [-0.3, -0.25) is 4.57 Å². The molecular formula is C24H21N5OS. The lowest BCUT2D eigenvalue weighted by Crippen LogP contribution is -1.99. The third-order valence-corrected chi connectivity index (χ3v) is 5.96. The molecule has 154 valence electrons. The van der Waals surface area contributed by atoms with Gasteiger partial charge in [0.2, 0.25) is 0 Å². The van der Waals surface area contributed by atoms with E-state index in [1.165, 1.54) is 5.56 Å². The topological polar surface area (TPSA) is 57.2 Å². The first kappa shape index (κ1) is 19.4. The van der Waals surface area contributed by atoms with E-state index in [2.05, 4.69) is 56.7 Å². The zero-order valence-electron chi connectivity index (χ0n) is 17.3. The van der Waals surface area contributed by atoms with Gasteiger partial charge in [0.05, 0.1) is 12.8 Å². The smallest absolute Gasteiger partial charge is 0.196 e. The van der Waals surface area contributed by atoms with Crippen LogP contribution in [-0.2, 0) is 5.75 Å². The molecule has 0 unspecified atom stereocenters. The Hall–Kier alpha value is -3.58. The number of pyridine rings is 1. The van der Waals surface area contributed by atoms with E-state index in [1.54, 1.807) is 18.9 Å². The van der Waals surface area contributed by atoms with E-state index in [0.29, 0.717) is 5.75 Å². The van der Waals surface area contributed by atoms with E-state index < -0.39 is 0 Å². The highest BCUT2D eigenvalue weighted by Gasteiger charge is 2.17. The van der Waals surface area contributed by atoms with E-state index in [1.807, 2.05) is 48.5 Å². The minimum absolute atomic E-state index is 0.703. The van der Waals surface area contributed by atoms with Crippen molar-refractivity contribution in [1.29, 1.82) is 0 Å². The number of ether oxygens (including phenoxy) is 1. The fourth-order valence-corrected chi connectivity index (χ4v) is 4.30. The van der Waals surface area contributed by atoms with Crippen molar-refractivity contribution in [3.05, 3.63) is 90.4 Å². The first-order chi connectivity index (χ1) is 15.2. The van der Waals surface area contributed by atoms with Gasteiger partial charge in [-0.25, -0.2) is 4.98 Å². The van der Waals surface area contributed by atoms with Gasteiger partial charge in [-0.15, -0.1) is 10.2 Å². The molecule has 0 aliphatic heterocycles. The third-order valence-electron chi connectivity index (χ3n) is 4.99. The van der Waals surface area contributed by atoms with Crippen molar-refractivity contribution in [1.82, 2.24) is 24.1 Å². The van der Waals surface area contributed by atoms with E-state index in [9.17, 15) is 0 Å². The molecule has 0 spiro atoms. The normalized spacial score (nSPS) is 11.2. The number of rotatable bonds is 6. The summed E-state index contributed by atoms with van der Waals surface area (Å²) in [6.45, 7) is 2.08. The zero-order chi connectivity index (χ0) is 21.2. The fourth-order valence-electron chi connectivity index (χ4n) is 3.46. The molecule has 5 aromatic rings. The van der Waals surface area contributed by atoms with Crippen LogP contribution >= 0.6 is 11.8 Å². The second-order valence-corrected chi connectivity index (χ2v) is 8.14. The van der Waals surface area contributed by atoms with E-state index in [-0.39, 0.29) is 0 Å². The first-order valence-corrected chi connectivity index (χ1v) is 10.9.